The smallest absolute Gasteiger partial charge is 0.404 e. The van der Waals surface area contributed by atoms with Gasteiger partial charge in [0.2, 0.25) is 5.91 Å². The van der Waals surface area contributed by atoms with E-state index in [1.54, 1.807) is 12.1 Å². The van der Waals surface area contributed by atoms with E-state index >= 15 is 4.39 Å². The van der Waals surface area contributed by atoms with Crippen molar-refractivity contribution in [3.8, 4) is 11.1 Å². The maximum Gasteiger partial charge on any atom is 0.404 e. The molecule has 2 aromatic carbocycles. The lowest BCUT2D eigenvalue weighted by Gasteiger charge is -2.43. The highest BCUT2D eigenvalue weighted by Crippen LogP contribution is 2.44. The number of aliphatic hydroxyl groups is 1. The maximum atomic E-state index is 15.5. The van der Waals surface area contributed by atoms with E-state index in [1.807, 2.05) is 50.2 Å². The van der Waals surface area contributed by atoms with Crippen molar-refractivity contribution in [2.75, 3.05) is 40.3 Å². The zero-order valence-electron chi connectivity index (χ0n) is 22.9. The van der Waals surface area contributed by atoms with Crippen molar-refractivity contribution in [2.24, 2.45) is 5.92 Å². The fraction of sp³-hybridized carbons (Fsp3) is 0.533. The van der Waals surface area contributed by atoms with Gasteiger partial charge in [-0.2, -0.15) is 0 Å². The van der Waals surface area contributed by atoms with Crippen LogP contribution in [0.1, 0.15) is 56.6 Å². The summed E-state index contributed by atoms with van der Waals surface area (Å²) in [6, 6.07) is 12.5. The predicted molar refractivity (Wildman–Crippen MR) is 147 cm³/mol. The number of hydrogen-bond acceptors (Lipinski definition) is 4. The van der Waals surface area contributed by atoms with Gasteiger partial charge in [-0.1, -0.05) is 43.3 Å². The summed E-state index contributed by atoms with van der Waals surface area (Å²) in [6.45, 7) is 4.07. The number of amides is 2. The fourth-order valence-corrected chi connectivity index (χ4v) is 5.54. The van der Waals surface area contributed by atoms with Crippen molar-refractivity contribution < 1.29 is 24.2 Å². The first kappa shape index (κ1) is 29.6. The van der Waals surface area contributed by atoms with E-state index in [1.165, 1.54) is 6.07 Å². The molecule has 2 atom stereocenters. The largest absolute Gasteiger partial charge is 0.465 e. The number of aryl methyl sites for hydroxylation is 1. The lowest BCUT2D eigenvalue weighted by Crippen LogP contribution is -2.48. The van der Waals surface area contributed by atoms with Crippen molar-refractivity contribution >= 4 is 12.0 Å². The molecule has 0 aromatic heterocycles. The summed E-state index contributed by atoms with van der Waals surface area (Å²) in [4.78, 5) is 27.9. The summed E-state index contributed by atoms with van der Waals surface area (Å²) in [6.07, 6.45) is 2.94. The second kappa shape index (κ2) is 13.7. The minimum atomic E-state index is -1.44. The van der Waals surface area contributed by atoms with Gasteiger partial charge in [-0.05, 0) is 81.9 Å². The number of nitrogens with one attached hydrogen (secondary N) is 1. The van der Waals surface area contributed by atoms with E-state index < -0.39 is 17.5 Å². The summed E-state index contributed by atoms with van der Waals surface area (Å²) in [5.74, 6) is -0.652. The zero-order chi connectivity index (χ0) is 27.7. The molecule has 3 rings (SSSR count). The topological polar surface area (TPSA) is 93.1 Å². The molecule has 0 aliphatic carbocycles. The number of nitrogens with zero attached hydrogens (tertiary/aromatic N) is 2. The SMILES string of the molecule is CCc1cccc(-c2c(F)cccc2C(O)(CCCNC(=O)O)C2CCCN(C(=O)CCCN(C)C)C2)c1. The van der Waals surface area contributed by atoms with Gasteiger partial charge in [0.25, 0.3) is 0 Å². The minimum absolute atomic E-state index is 0.0709. The number of piperidine rings is 1. The monoisotopic (exact) mass is 527 g/mol. The Hall–Kier alpha value is -2.97. The molecule has 0 spiro atoms. The lowest BCUT2D eigenvalue weighted by molar-refractivity contribution is -0.136. The highest BCUT2D eigenvalue weighted by molar-refractivity contribution is 5.76. The number of halogens is 1. The van der Waals surface area contributed by atoms with Crippen LogP contribution in [0.2, 0.25) is 0 Å². The van der Waals surface area contributed by atoms with Crippen molar-refractivity contribution in [3.63, 3.8) is 0 Å². The fourth-order valence-electron chi connectivity index (χ4n) is 5.54. The summed E-state index contributed by atoms with van der Waals surface area (Å²) < 4.78 is 15.5. The number of carbonyl (C=O) groups excluding carboxylic acids is 1. The number of benzene rings is 2. The van der Waals surface area contributed by atoms with Gasteiger partial charge in [0.05, 0.1) is 5.60 Å². The van der Waals surface area contributed by atoms with Gasteiger partial charge in [0.15, 0.2) is 0 Å². The molecule has 1 aliphatic heterocycles. The van der Waals surface area contributed by atoms with Crippen LogP contribution in [0, 0.1) is 11.7 Å². The molecular formula is C30H42FN3O4. The van der Waals surface area contributed by atoms with Crippen molar-refractivity contribution in [3.05, 3.63) is 59.4 Å². The Kier molecular flexibility index (Phi) is 10.7. The molecule has 38 heavy (non-hydrogen) atoms. The molecule has 1 heterocycles. The normalized spacial score (nSPS) is 17.3. The molecular weight excluding hydrogens is 485 g/mol. The van der Waals surface area contributed by atoms with Gasteiger partial charge in [-0.25, -0.2) is 9.18 Å². The van der Waals surface area contributed by atoms with Crippen molar-refractivity contribution in [2.45, 2.75) is 57.5 Å². The third-order valence-corrected chi connectivity index (χ3v) is 7.56. The molecule has 0 radical (unpaired) electrons. The molecule has 0 bridgehead atoms. The molecule has 3 N–H and O–H groups in total. The number of likely N-dealkylation sites (tertiary alicyclic amines) is 1. The van der Waals surface area contributed by atoms with Crippen LogP contribution in [0.25, 0.3) is 11.1 Å². The predicted octanol–water partition coefficient (Wildman–Crippen LogP) is 4.87. The molecule has 1 saturated heterocycles. The average molecular weight is 528 g/mol. The molecule has 7 nitrogen and oxygen atoms in total. The van der Waals surface area contributed by atoms with Crippen LogP contribution in [-0.4, -0.2) is 72.3 Å². The molecule has 2 amide bonds. The standard InChI is InChI=1S/C30H42FN3O4/c1-4-22-10-5-11-23(20-22)28-25(13-6-14-26(28)31)30(38,16-9-17-32-29(36)37)24-12-7-19-34(21-24)27(35)15-8-18-33(2)3/h5-6,10-11,13-14,20,24,32,38H,4,7-9,12,15-19,21H2,1-3H3,(H,36,37). The molecule has 8 heteroatoms. The van der Waals surface area contributed by atoms with Crippen molar-refractivity contribution in [1.29, 1.82) is 0 Å². The minimum Gasteiger partial charge on any atom is -0.465 e. The Morgan fingerprint density at radius 3 is 2.66 bits per heavy atom. The second-order valence-corrected chi connectivity index (χ2v) is 10.6. The van der Waals surface area contributed by atoms with Crippen LogP contribution >= 0.6 is 0 Å². The van der Waals surface area contributed by atoms with E-state index in [4.69, 9.17) is 5.11 Å². The Balaban J connectivity index is 1.97. The molecule has 208 valence electrons. The summed E-state index contributed by atoms with van der Waals surface area (Å²) in [7, 11) is 3.96. The van der Waals surface area contributed by atoms with E-state index in [9.17, 15) is 14.7 Å². The van der Waals surface area contributed by atoms with Crippen LogP contribution in [0.4, 0.5) is 9.18 Å². The van der Waals surface area contributed by atoms with Crippen LogP contribution < -0.4 is 5.32 Å². The molecule has 2 aromatic rings. The Labute approximate surface area is 225 Å². The molecule has 1 aliphatic rings. The van der Waals surface area contributed by atoms with Crippen LogP contribution in [0.15, 0.2) is 42.5 Å². The molecule has 2 unspecified atom stereocenters. The average Bonchev–Trinajstić information content (AvgIpc) is 2.90. The third kappa shape index (κ3) is 7.54. The highest BCUT2D eigenvalue weighted by Gasteiger charge is 2.43. The van der Waals surface area contributed by atoms with Gasteiger partial charge >= 0.3 is 6.09 Å². The van der Waals surface area contributed by atoms with E-state index in [2.05, 4.69) is 10.2 Å². The molecule has 0 saturated carbocycles. The quantitative estimate of drug-likeness (QED) is 0.343. The zero-order valence-corrected chi connectivity index (χ0v) is 22.9. The van der Waals surface area contributed by atoms with E-state index in [0.717, 1.165) is 31.4 Å². The van der Waals surface area contributed by atoms with Gasteiger partial charge < -0.3 is 25.3 Å². The first-order valence-electron chi connectivity index (χ1n) is 13.7. The Morgan fingerprint density at radius 2 is 1.95 bits per heavy atom. The van der Waals surface area contributed by atoms with Crippen LogP contribution in [0.5, 0.6) is 0 Å². The van der Waals surface area contributed by atoms with Gasteiger partial charge in [0.1, 0.15) is 5.82 Å². The first-order chi connectivity index (χ1) is 18.2. The van der Waals surface area contributed by atoms with Crippen LogP contribution in [-0.2, 0) is 16.8 Å². The maximum absolute atomic E-state index is 15.5. The Morgan fingerprint density at radius 1 is 1.18 bits per heavy atom. The van der Waals surface area contributed by atoms with Crippen LogP contribution in [0.3, 0.4) is 0 Å². The van der Waals surface area contributed by atoms with Gasteiger partial charge in [-0.15, -0.1) is 0 Å². The van der Waals surface area contributed by atoms with E-state index in [-0.39, 0.29) is 24.8 Å². The summed E-state index contributed by atoms with van der Waals surface area (Å²) in [5.41, 5.74) is 1.19. The number of carbonyl (C=O) groups is 2. The molecule has 1 fully saturated rings. The van der Waals surface area contributed by atoms with Crippen molar-refractivity contribution in [1.82, 2.24) is 15.1 Å². The first-order valence-corrected chi connectivity index (χ1v) is 13.7. The number of carboxylic acid groups (broad SMARTS) is 1. The number of rotatable bonds is 12. The lowest BCUT2D eigenvalue weighted by atomic mass is 9.72. The summed E-state index contributed by atoms with van der Waals surface area (Å²) in [5, 5.41) is 23.8. The highest BCUT2D eigenvalue weighted by atomic mass is 19.1. The second-order valence-electron chi connectivity index (χ2n) is 10.6. The van der Waals surface area contributed by atoms with Gasteiger partial charge in [0, 0.05) is 37.5 Å². The van der Waals surface area contributed by atoms with Gasteiger partial charge in [-0.3, -0.25) is 4.79 Å². The number of hydrogen-bond donors (Lipinski definition) is 3. The third-order valence-electron chi connectivity index (χ3n) is 7.56. The van der Waals surface area contributed by atoms with E-state index in [0.29, 0.717) is 49.0 Å². The Bertz CT molecular complexity index is 1090. The summed E-state index contributed by atoms with van der Waals surface area (Å²) >= 11 is 0.